The smallest absolute Gasteiger partial charge is 0.392 e. The van der Waals surface area contributed by atoms with Gasteiger partial charge in [-0.1, -0.05) is 23.2 Å². The normalized spacial score (nSPS) is 15.4. The minimum atomic E-state index is -4.24. The first-order valence-corrected chi connectivity index (χ1v) is 7.01. The summed E-state index contributed by atoms with van der Waals surface area (Å²) in [5.41, 5.74) is 0.677. The Bertz CT molecular complexity index is 475. The van der Waals surface area contributed by atoms with Gasteiger partial charge < -0.3 is 10.1 Å². The summed E-state index contributed by atoms with van der Waals surface area (Å²) in [5.74, 6) is 0.272. The van der Waals surface area contributed by atoms with Crippen LogP contribution in [0.5, 0.6) is 5.75 Å². The Morgan fingerprint density at radius 2 is 1.95 bits per heavy atom. The fourth-order valence-electron chi connectivity index (χ4n) is 1.72. The molecular formula is C13H14Cl2F3NO. The third kappa shape index (κ3) is 5.04. The molecule has 1 aromatic carbocycles. The van der Waals surface area contributed by atoms with Gasteiger partial charge in [-0.15, -0.1) is 0 Å². The van der Waals surface area contributed by atoms with Gasteiger partial charge in [0.15, 0.2) is 0 Å². The molecule has 1 aliphatic carbocycles. The third-order valence-electron chi connectivity index (χ3n) is 2.88. The van der Waals surface area contributed by atoms with Gasteiger partial charge in [-0.2, -0.15) is 13.2 Å². The van der Waals surface area contributed by atoms with Crippen LogP contribution in [-0.4, -0.2) is 18.8 Å². The molecule has 7 heteroatoms. The highest BCUT2D eigenvalue weighted by Crippen LogP contribution is 2.34. The number of rotatable bonds is 6. The molecule has 20 heavy (non-hydrogen) atoms. The maximum Gasteiger partial charge on any atom is 0.392 e. The second kappa shape index (κ2) is 6.41. The summed E-state index contributed by atoms with van der Waals surface area (Å²) in [4.78, 5) is 0. The van der Waals surface area contributed by atoms with Gasteiger partial charge in [-0.3, -0.25) is 0 Å². The summed E-state index contributed by atoms with van der Waals surface area (Å²) in [5, 5.41) is 3.92. The SMILES string of the molecule is FC(F)(F)CCOc1c(Cl)cc(Cl)cc1CNC1CC1. The van der Waals surface area contributed by atoms with Crippen LogP contribution in [-0.2, 0) is 6.54 Å². The zero-order chi connectivity index (χ0) is 14.8. The van der Waals surface area contributed by atoms with E-state index in [4.69, 9.17) is 27.9 Å². The zero-order valence-electron chi connectivity index (χ0n) is 10.6. The lowest BCUT2D eigenvalue weighted by Gasteiger charge is -2.15. The fraction of sp³-hybridized carbons (Fsp3) is 0.538. The molecule has 0 heterocycles. The minimum absolute atomic E-state index is 0.229. The first kappa shape index (κ1) is 15.7. The molecule has 2 nitrogen and oxygen atoms in total. The molecule has 1 fully saturated rings. The Morgan fingerprint density at radius 1 is 1.25 bits per heavy atom. The molecule has 2 rings (SSSR count). The molecule has 0 spiro atoms. The summed E-state index contributed by atoms with van der Waals surface area (Å²) in [7, 11) is 0. The summed E-state index contributed by atoms with van der Waals surface area (Å²) in [6.45, 7) is 0.0214. The molecule has 1 aliphatic rings. The highest BCUT2D eigenvalue weighted by molar-refractivity contribution is 6.35. The van der Waals surface area contributed by atoms with Crippen LogP contribution in [0.1, 0.15) is 24.8 Å². The Balaban J connectivity index is 2.03. The second-order valence-electron chi connectivity index (χ2n) is 4.74. The summed E-state index contributed by atoms with van der Waals surface area (Å²) in [6.07, 6.45) is -3.04. The van der Waals surface area contributed by atoms with Crippen LogP contribution in [0.4, 0.5) is 13.2 Å². The van der Waals surface area contributed by atoms with Crippen LogP contribution >= 0.6 is 23.2 Å². The number of hydrogen-bond donors (Lipinski definition) is 1. The van der Waals surface area contributed by atoms with Crippen molar-refractivity contribution in [3.63, 3.8) is 0 Å². The number of ether oxygens (including phenoxy) is 1. The van der Waals surface area contributed by atoms with E-state index in [-0.39, 0.29) is 10.8 Å². The van der Waals surface area contributed by atoms with E-state index in [2.05, 4.69) is 5.32 Å². The lowest BCUT2D eigenvalue weighted by atomic mass is 10.2. The Labute approximate surface area is 125 Å². The number of hydrogen-bond acceptors (Lipinski definition) is 2. The lowest BCUT2D eigenvalue weighted by Crippen LogP contribution is -2.17. The molecule has 0 amide bonds. The average molecular weight is 328 g/mol. The van der Waals surface area contributed by atoms with Crippen LogP contribution in [0.2, 0.25) is 10.0 Å². The van der Waals surface area contributed by atoms with E-state index in [1.54, 1.807) is 6.07 Å². The number of nitrogens with one attached hydrogen (secondary N) is 1. The highest BCUT2D eigenvalue weighted by atomic mass is 35.5. The molecule has 0 aromatic heterocycles. The van der Waals surface area contributed by atoms with Crippen molar-refractivity contribution in [1.29, 1.82) is 0 Å². The Morgan fingerprint density at radius 3 is 2.55 bits per heavy atom. The van der Waals surface area contributed by atoms with E-state index in [0.29, 0.717) is 23.2 Å². The maximum absolute atomic E-state index is 12.1. The van der Waals surface area contributed by atoms with Gasteiger partial charge in [0, 0.05) is 23.2 Å². The van der Waals surface area contributed by atoms with Crippen molar-refractivity contribution in [2.24, 2.45) is 0 Å². The predicted molar refractivity (Wildman–Crippen MR) is 72.5 cm³/mol. The van der Waals surface area contributed by atoms with Gasteiger partial charge in [0.2, 0.25) is 0 Å². The van der Waals surface area contributed by atoms with Crippen LogP contribution in [0.3, 0.4) is 0 Å². The van der Waals surface area contributed by atoms with Crippen molar-refractivity contribution < 1.29 is 17.9 Å². The lowest BCUT2D eigenvalue weighted by molar-refractivity contribution is -0.139. The van der Waals surface area contributed by atoms with Crippen molar-refractivity contribution in [3.05, 3.63) is 27.7 Å². The monoisotopic (exact) mass is 327 g/mol. The van der Waals surface area contributed by atoms with E-state index in [9.17, 15) is 13.2 Å². The van der Waals surface area contributed by atoms with Crippen molar-refractivity contribution in [1.82, 2.24) is 5.32 Å². The first-order valence-electron chi connectivity index (χ1n) is 6.26. The van der Waals surface area contributed by atoms with Crippen LogP contribution in [0, 0.1) is 0 Å². The van der Waals surface area contributed by atoms with E-state index in [0.717, 1.165) is 12.8 Å². The second-order valence-corrected chi connectivity index (χ2v) is 5.59. The standard InChI is InChI=1S/C13H14Cl2F3NO/c14-9-5-8(7-19-10-1-2-10)12(11(15)6-9)20-4-3-13(16,17)18/h5-6,10,19H,1-4,7H2. The van der Waals surface area contributed by atoms with Crippen molar-refractivity contribution >= 4 is 23.2 Å². The molecule has 1 saturated carbocycles. The molecule has 0 aliphatic heterocycles. The molecule has 1 N–H and O–H groups in total. The van der Waals surface area contributed by atoms with Gasteiger partial charge in [0.05, 0.1) is 18.1 Å². The summed E-state index contributed by atoms with van der Waals surface area (Å²) < 4.78 is 41.6. The maximum atomic E-state index is 12.1. The van der Waals surface area contributed by atoms with Crippen molar-refractivity contribution in [2.45, 2.75) is 38.0 Å². The van der Waals surface area contributed by atoms with E-state index in [1.807, 2.05) is 0 Å². The van der Waals surface area contributed by atoms with Gasteiger partial charge >= 0.3 is 6.18 Å². The first-order chi connectivity index (χ1) is 9.35. The fourth-order valence-corrected chi connectivity index (χ4v) is 2.31. The van der Waals surface area contributed by atoms with Gasteiger partial charge in [-0.05, 0) is 25.0 Å². The van der Waals surface area contributed by atoms with E-state index >= 15 is 0 Å². The van der Waals surface area contributed by atoms with Crippen LogP contribution < -0.4 is 10.1 Å². The summed E-state index contributed by atoms with van der Waals surface area (Å²) >= 11 is 11.9. The quantitative estimate of drug-likeness (QED) is 0.825. The number of alkyl halides is 3. The molecule has 0 unspecified atom stereocenters. The molecule has 0 atom stereocenters. The summed E-state index contributed by atoms with van der Waals surface area (Å²) in [6, 6.07) is 3.59. The zero-order valence-corrected chi connectivity index (χ0v) is 12.1. The van der Waals surface area contributed by atoms with Gasteiger partial charge in [0.1, 0.15) is 5.75 Å². The van der Waals surface area contributed by atoms with Crippen LogP contribution in [0.15, 0.2) is 12.1 Å². The molecule has 112 valence electrons. The topological polar surface area (TPSA) is 21.3 Å². The number of halogens is 5. The minimum Gasteiger partial charge on any atom is -0.491 e. The van der Waals surface area contributed by atoms with Gasteiger partial charge in [-0.25, -0.2) is 0 Å². The third-order valence-corrected chi connectivity index (χ3v) is 3.37. The molecule has 0 saturated heterocycles. The van der Waals surface area contributed by atoms with Crippen LogP contribution in [0.25, 0.3) is 0 Å². The average Bonchev–Trinajstić information content (AvgIpc) is 3.11. The van der Waals surface area contributed by atoms with E-state index in [1.165, 1.54) is 6.07 Å². The predicted octanol–water partition coefficient (Wildman–Crippen LogP) is 4.58. The largest absolute Gasteiger partial charge is 0.491 e. The molecule has 1 aromatic rings. The van der Waals surface area contributed by atoms with Crippen molar-refractivity contribution in [3.8, 4) is 5.75 Å². The molecule has 0 bridgehead atoms. The van der Waals surface area contributed by atoms with Crippen molar-refractivity contribution in [2.75, 3.05) is 6.61 Å². The number of benzene rings is 1. The highest BCUT2D eigenvalue weighted by Gasteiger charge is 2.27. The van der Waals surface area contributed by atoms with Gasteiger partial charge in [0.25, 0.3) is 0 Å². The van der Waals surface area contributed by atoms with E-state index < -0.39 is 19.2 Å². The Kier molecular flexibility index (Phi) is 5.04. The Hall–Kier alpha value is -0.650. The molecule has 0 radical (unpaired) electrons. The molecular weight excluding hydrogens is 314 g/mol.